The van der Waals surface area contributed by atoms with Gasteiger partial charge in [-0.2, -0.15) is 0 Å². The van der Waals surface area contributed by atoms with Crippen molar-refractivity contribution >= 4 is 11.9 Å². The molecule has 0 N–H and O–H groups in total. The van der Waals surface area contributed by atoms with Crippen LogP contribution >= 0.6 is 0 Å². The Balaban J connectivity index is 2.50. The Morgan fingerprint density at radius 3 is 2.10 bits per heavy atom. The van der Waals surface area contributed by atoms with Gasteiger partial charge in [0.05, 0.1) is 19.8 Å². The van der Waals surface area contributed by atoms with E-state index in [0.29, 0.717) is 23.3 Å². The van der Waals surface area contributed by atoms with Crippen LogP contribution in [0.2, 0.25) is 0 Å². The Kier molecular flexibility index (Phi) is 7.38. The molecule has 6 nitrogen and oxygen atoms in total. The number of ether oxygens (including phenoxy) is 2. The van der Waals surface area contributed by atoms with Crippen LogP contribution in [0.4, 0.5) is 0 Å². The highest BCUT2D eigenvalue weighted by Gasteiger charge is 2.28. The highest BCUT2D eigenvalue weighted by atomic mass is 16.5. The number of esters is 2. The molecule has 6 heteroatoms. The van der Waals surface area contributed by atoms with Gasteiger partial charge in [-0.1, -0.05) is 61.9 Å². The monoisotopic (exact) mass is 418 g/mol. The molecule has 3 rings (SSSR count). The maximum Gasteiger partial charge on any atom is 0.356 e. The number of nitrogens with zero attached hydrogens (tertiary/aromatic N) is 2. The lowest BCUT2D eigenvalue weighted by molar-refractivity contribution is 0.0547. The molecule has 0 fully saturated rings. The Labute approximate surface area is 181 Å². The van der Waals surface area contributed by atoms with Crippen molar-refractivity contribution in [3.8, 4) is 16.8 Å². The molecular weight excluding hydrogens is 392 g/mol. The zero-order valence-electron chi connectivity index (χ0n) is 18.0. The minimum absolute atomic E-state index is 0.0807. The standard InChI is InChI=1S/C25H26N2O4/c1-4-5-16-26-21-17-20(18-12-8-6-9-13-18)22(24(28)30-2)23(25(29)31-3)27(21)19-14-10-7-11-15-19/h6-15,17H,4-5,16H2,1-3H3. The summed E-state index contributed by atoms with van der Waals surface area (Å²) in [7, 11) is 2.59. The molecule has 0 amide bonds. The van der Waals surface area contributed by atoms with Crippen LogP contribution in [0.15, 0.2) is 71.7 Å². The number of carbonyl (C=O) groups is 2. The second-order valence-corrected chi connectivity index (χ2v) is 6.90. The summed E-state index contributed by atoms with van der Waals surface area (Å²) in [5.41, 5.74) is 2.82. The van der Waals surface area contributed by atoms with Crippen LogP contribution in [0, 0.1) is 0 Å². The fourth-order valence-electron chi connectivity index (χ4n) is 3.37. The summed E-state index contributed by atoms with van der Waals surface area (Å²) >= 11 is 0. The van der Waals surface area contributed by atoms with Crippen molar-refractivity contribution in [2.75, 3.05) is 20.8 Å². The van der Waals surface area contributed by atoms with Crippen molar-refractivity contribution in [3.05, 3.63) is 83.5 Å². The van der Waals surface area contributed by atoms with Crippen molar-refractivity contribution in [1.29, 1.82) is 0 Å². The summed E-state index contributed by atoms with van der Waals surface area (Å²) < 4.78 is 11.8. The van der Waals surface area contributed by atoms with Crippen molar-refractivity contribution in [2.24, 2.45) is 4.99 Å². The maximum atomic E-state index is 13.0. The summed E-state index contributed by atoms with van der Waals surface area (Å²) in [6, 6.07) is 20.6. The average Bonchev–Trinajstić information content (AvgIpc) is 2.83. The summed E-state index contributed by atoms with van der Waals surface area (Å²) in [4.78, 5) is 30.7. The van der Waals surface area contributed by atoms with Crippen molar-refractivity contribution < 1.29 is 19.1 Å². The van der Waals surface area contributed by atoms with E-state index in [2.05, 4.69) is 6.92 Å². The number of rotatable bonds is 7. The summed E-state index contributed by atoms with van der Waals surface area (Å²) in [6.07, 6.45) is 1.90. The van der Waals surface area contributed by atoms with E-state index in [1.54, 1.807) is 4.57 Å². The molecule has 160 valence electrons. The normalized spacial score (nSPS) is 11.3. The number of hydrogen-bond donors (Lipinski definition) is 0. The number of carbonyl (C=O) groups excluding carboxylic acids is 2. The van der Waals surface area contributed by atoms with E-state index >= 15 is 0 Å². The number of benzene rings is 2. The molecule has 2 aromatic carbocycles. The first-order chi connectivity index (χ1) is 15.1. The highest BCUT2D eigenvalue weighted by Crippen LogP contribution is 2.27. The van der Waals surface area contributed by atoms with Crippen LogP contribution in [0.25, 0.3) is 16.8 Å². The van der Waals surface area contributed by atoms with Gasteiger partial charge in [0.2, 0.25) is 0 Å². The first-order valence-electron chi connectivity index (χ1n) is 10.2. The van der Waals surface area contributed by atoms with Gasteiger partial charge < -0.3 is 9.47 Å². The number of unbranched alkanes of at least 4 members (excludes halogenated alkanes) is 1. The number of hydrogen-bond acceptors (Lipinski definition) is 5. The molecule has 0 aliphatic rings. The largest absolute Gasteiger partial charge is 0.465 e. The Bertz CT molecular complexity index is 1120. The molecule has 0 saturated heterocycles. The molecule has 0 aliphatic carbocycles. The fraction of sp³-hybridized carbons (Fsp3) is 0.240. The fourth-order valence-corrected chi connectivity index (χ4v) is 3.37. The molecule has 0 aliphatic heterocycles. The maximum absolute atomic E-state index is 13.0. The van der Waals surface area contributed by atoms with E-state index in [9.17, 15) is 9.59 Å². The Morgan fingerprint density at radius 1 is 0.903 bits per heavy atom. The van der Waals surface area contributed by atoms with Gasteiger partial charge in [-0.25, -0.2) is 9.59 Å². The molecule has 3 aromatic rings. The van der Waals surface area contributed by atoms with Gasteiger partial charge in [-0.05, 0) is 30.2 Å². The second-order valence-electron chi connectivity index (χ2n) is 6.90. The third-order valence-electron chi connectivity index (χ3n) is 4.89. The van der Waals surface area contributed by atoms with Gasteiger partial charge in [0.15, 0.2) is 0 Å². The van der Waals surface area contributed by atoms with Gasteiger partial charge in [-0.15, -0.1) is 0 Å². The van der Waals surface area contributed by atoms with Crippen LogP contribution in [-0.2, 0) is 9.47 Å². The first-order valence-corrected chi connectivity index (χ1v) is 10.2. The van der Waals surface area contributed by atoms with Crippen molar-refractivity contribution in [1.82, 2.24) is 4.57 Å². The predicted octanol–water partition coefficient (Wildman–Crippen LogP) is 4.42. The van der Waals surface area contributed by atoms with Gasteiger partial charge in [0, 0.05) is 17.8 Å². The zero-order chi connectivity index (χ0) is 22.2. The quantitative estimate of drug-likeness (QED) is 0.421. The Morgan fingerprint density at radius 2 is 1.52 bits per heavy atom. The topological polar surface area (TPSA) is 69.9 Å². The molecule has 1 heterocycles. The lowest BCUT2D eigenvalue weighted by atomic mass is 9.98. The summed E-state index contributed by atoms with van der Waals surface area (Å²) in [5, 5.41) is 0. The van der Waals surface area contributed by atoms with E-state index in [1.807, 2.05) is 66.7 Å². The molecule has 0 radical (unpaired) electrons. The van der Waals surface area contributed by atoms with Crippen LogP contribution in [0.5, 0.6) is 0 Å². The molecule has 31 heavy (non-hydrogen) atoms. The first kappa shape index (κ1) is 22.0. The number of pyridine rings is 1. The van der Waals surface area contributed by atoms with Gasteiger partial charge in [-0.3, -0.25) is 9.56 Å². The SMILES string of the molecule is CCCCN=c1cc(-c2ccccc2)c(C(=O)OC)c(C(=O)OC)n1-c1ccccc1. The van der Waals surface area contributed by atoms with Crippen LogP contribution in [0.1, 0.15) is 40.6 Å². The minimum Gasteiger partial charge on any atom is -0.465 e. The molecule has 1 aromatic heterocycles. The minimum atomic E-state index is -0.644. The average molecular weight is 418 g/mol. The van der Waals surface area contributed by atoms with E-state index in [4.69, 9.17) is 14.5 Å². The smallest absolute Gasteiger partial charge is 0.356 e. The van der Waals surface area contributed by atoms with Gasteiger partial charge >= 0.3 is 11.9 Å². The molecular formula is C25H26N2O4. The highest BCUT2D eigenvalue weighted by molar-refractivity contribution is 6.07. The summed E-state index contributed by atoms with van der Waals surface area (Å²) in [5.74, 6) is -1.27. The lowest BCUT2D eigenvalue weighted by Crippen LogP contribution is -2.30. The molecule has 0 atom stereocenters. The molecule has 0 bridgehead atoms. The van der Waals surface area contributed by atoms with Crippen molar-refractivity contribution in [3.63, 3.8) is 0 Å². The molecule has 0 spiro atoms. The lowest BCUT2D eigenvalue weighted by Gasteiger charge is -2.19. The van der Waals surface area contributed by atoms with E-state index in [-0.39, 0.29) is 11.3 Å². The van der Waals surface area contributed by atoms with E-state index in [0.717, 1.165) is 18.4 Å². The van der Waals surface area contributed by atoms with Crippen LogP contribution < -0.4 is 5.49 Å². The predicted molar refractivity (Wildman–Crippen MR) is 119 cm³/mol. The zero-order valence-corrected chi connectivity index (χ0v) is 18.0. The molecule has 0 unspecified atom stereocenters. The van der Waals surface area contributed by atoms with Crippen LogP contribution in [-0.4, -0.2) is 37.3 Å². The second kappa shape index (κ2) is 10.4. The van der Waals surface area contributed by atoms with E-state index in [1.165, 1.54) is 14.2 Å². The van der Waals surface area contributed by atoms with Crippen molar-refractivity contribution in [2.45, 2.75) is 19.8 Å². The Hall–Kier alpha value is -3.67. The third kappa shape index (κ3) is 4.74. The summed E-state index contributed by atoms with van der Waals surface area (Å²) in [6.45, 7) is 2.69. The number of methoxy groups -OCH3 is 2. The third-order valence-corrected chi connectivity index (χ3v) is 4.89. The van der Waals surface area contributed by atoms with Crippen LogP contribution in [0.3, 0.4) is 0 Å². The van der Waals surface area contributed by atoms with Gasteiger partial charge in [0.1, 0.15) is 11.2 Å². The van der Waals surface area contributed by atoms with Gasteiger partial charge in [0.25, 0.3) is 0 Å². The number of para-hydroxylation sites is 1. The number of aromatic nitrogens is 1. The van der Waals surface area contributed by atoms with E-state index < -0.39 is 11.9 Å². The molecule has 0 saturated carbocycles.